The summed E-state index contributed by atoms with van der Waals surface area (Å²) in [6.07, 6.45) is 5.73. The lowest BCUT2D eigenvalue weighted by Crippen LogP contribution is -2.14. The minimum Gasteiger partial charge on any atom is -0.323 e. The molecule has 6 nitrogen and oxygen atoms in total. The number of fused-ring (bicyclic) bond motifs is 1. The van der Waals surface area contributed by atoms with Gasteiger partial charge in [0.15, 0.2) is 0 Å². The van der Waals surface area contributed by atoms with Crippen molar-refractivity contribution in [3.8, 4) is 0 Å². The Balaban J connectivity index is 1.36. The lowest BCUT2D eigenvalue weighted by Gasteiger charge is -2.06. The fourth-order valence-corrected chi connectivity index (χ4v) is 3.44. The molecule has 0 fully saturated rings. The minimum absolute atomic E-state index is 0.0488. The van der Waals surface area contributed by atoms with E-state index in [-0.39, 0.29) is 5.91 Å². The molecule has 0 radical (unpaired) electrons. The predicted octanol–water partition coefficient (Wildman–Crippen LogP) is 3.93. The number of benzene rings is 2. The first kappa shape index (κ1) is 18.0. The predicted molar refractivity (Wildman–Crippen MR) is 110 cm³/mol. The van der Waals surface area contributed by atoms with Crippen molar-refractivity contribution in [3.05, 3.63) is 77.7 Å². The highest BCUT2D eigenvalue weighted by atomic mass is 16.1. The molecule has 0 atom stereocenters. The second-order valence-electron chi connectivity index (χ2n) is 7.09. The van der Waals surface area contributed by atoms with Gasteiger partial charge in [-0.25, -0.2) is 0 Å². The Morgan fingerprint density at radius 3 is 2.79 bits per heavy atom. The van der Waals surface area contributed by atoms with E-state index < -0.39 is 0 Å². The van der Waals surface area contributed by atoms with Gasteiger partial charge in [-0.1, -0.05) is 48.0 Å². The third-order valence-electron chi connectivity index (χ3n) is 4.76. The Hall–Kier alpha value is -3.41. The van der Waals surface area contributed by atoms with E-state index in [1.54, 1.807) is 6.20 Å². The summed E-state index contributed by atoms with van der Waals surface area (Å²) in [6.45, 7) is 5.35. The topological polar surface area (TPSA) is 64.7 Å². The van der Waals surface area contributed by atoms with Crippen LogP contribution in [0.5, 0.6) is 0 Å². The molecule has 0 spiro atoms. The summed E-state index contributed by atoms with van der Waals surface area (Å²) in [5.41, 5.74) is 5.36. The van der Waals surface area contributed by atoms with Gasteiger partial charge in [-0.2, -0.15) is 10.2 Å². The van der Waals surface area contributed by atoms with Crippen molar-refractivity contribution in [2.45, 2.75) is 33.4 Å². The summed E-state index contributed by atoms with van der Waals surface area (Å²) < 4.78 is 3.72. The largest absolute Gasteiger partial charge is 0.323 e. The van der Waals surface area contributed by atoms with Crippen LogP contribution in [0, 0.1) is 13.8 Å². The number of anilines is 1. The van der Waals surface area contributed by atoms with Crippen molar-refractivity contribution >= 4 is 22.5 Å². The van der Waals surface area contributed by atoms with Gasteiger partial charge in [0, 0.05) is 18.0 Å². The first-order chi connectivity index (χ1) is 13.6. The molecular formula is C22H23N5O. The highest BCUT2D eigenvalue weighted by molar-refractivity contribution is 5.90. The number of nitrogens with one attached hydrogen (secondary N) is 1. The second kappa shape index (κ2) is 7.68. The number of amides is 1. The molecule has 0 saturated carbocycles. The lowest BCUT2D eigenvalue weighted by atomic mass is 10.1. The Morgan fingerprint density at radius 1 is 1.07 bits per heavy atom. The Kier molecular flexibility index (Phi) is 4.93. The van der Waals surface area contributed by atoms with Crippen LogP contribution in [0.1, 0.15) is 23.1 Å². The molecule has 2 aromatic carbocycles. The van der Waals surface area contributed by atoms with Crippen molar-refractivity contribution in [2.75, 3.05) is 5.32 Å². The number of para-hydroxylation sites is 1. The molecule has 2 aromatic heterocycles. The average Bonchev–Trinajstić information content (AvgIpc) is 3.27. The van der Waals surface area contributed by atoms with Gasteiger partial charge in [0.25, 0.3) is 0 Å². The number of hydrogen-bond donors (Lipinski definition) is 1. The Bertz CT molecular complexity index is 1120. The number of carbonyl (C=O) groups is 1. The van der Waals surface area contributed by atoms with Gasteiger partial charge in [-0.05, 0) is 25.0 Å². The molecule has 4 aromatic rings. The van der Waals surface area contributed by atoms with Crippen molar-refractivity contribution in [1.82, 2.24) is 19.6 Å². The zero-order valence-electron chi connectivity index (χ0n) is 16.1. The van der Waals surface area contributed by atoms with Crippen LogP contribution in [0.15, 0.2) is 61.1 Å². The summed E-state index contributed by atoms with van der Waals surface area (Å²) in [6, 6.07) is 14.4. The molecule has 0 saturated heterocycles. The summed E-state index contributed by atoms with van der Waals surface area (Å²) >= 11 is 0. The maximum absolute atomic E-state index is 12.4. The quantitative estimate of drug-likeness (QED) is 0.557. The van der Waals surface area contributed by atoms with E-state index in [2.05, 4.69) is 53.6 Å². The van der Waals surface area contributed by atoms with Gasteiger partial charge >= 0.3 is 0 Å². The molecule has 0 unspecified atom stereocenters. The van der Waals surface area contributed by atoms with Gasteiger partial charge < -0.3 is 5.32 Å². The number of aromatic nitrogens is 4. The van der Waals surface area contributed by atoms with E-state index >= 15 is 0 Å². The standard InChI is InChI=1S/C22H23N5O/c1-16-5-3-7-18(11-16)14-26-15-20(13-23-26)25-21(28)9-10-27-22-17(2)6-4-8-19(22)12-24-27/h3-8,11-13,15H,9-10,14H2,1-2H3,(H,25,28). The lowest BCUT2D eigenvalue weighted by molar-refractivity contribution is -0.116. The van der Waals surface area contributed by atoms with Gasteiger partial charge in [0.2, 0.25) is 5.91 Å². The van der Waals surface area contributed by atoms with Crippen LogP contribution in [0.2, 0.25) is 0 Å². The average molecular weight is 373 g/mol. The van der Waals surface area contributed by atoms with Crippen LogP contribution in [0.4, 0.5) is 5.69 Å². The highest BCUT2D eigenvalue weighted by Crippen LogP contribution is 2.18. The van der Waals surface area contributed by atoms with E-state index in [4.69, 9.17) is 0 Å². The van der Waals surface area contributed by atoms with Crippen molar-refractivity contribution in [3.63, 3.8) is 0 Å². The van der Waals surface area contributed by atoms with E-state index in [1.807, 2.05) is 40.0 Å². The van der Waals surface area contributed by atoms with E-state index in [9.17, 15) is 4.79 Å². The van der Waals surface area contributed by atoms with E-state index in [0.29, 0.717) is 25.2 Å². The molecule has 0 aliphatic rings. The normalized spacial score (nSPS) is 11.1. The summed E-state index contributed by atoms with van der Waals surface area (Å²) in [5, 5.41) is 12.8. The molecule has 0 aliphatic carbocycles. The fourth-order valence-electron chi connectivity index (χ4n) is 3.44. The second-order valence-corrected chi connectivity index (χ2v) is 7.09. The molecule has 2 heterocycles. The van der Waals surface area contributed by atoms with Gasteiger partial charge in [-0.15, -0.1) is 0 Å². The maximum Gasteiger partial charge on any atom is 0.226 e. The summed E-state index contributed by atoms with van der Waals surface area (Å²) in [5.74, 6) is -0.0488. The van der Waals surface area contributed by atoms with Crippen LogP contribution < -0.4 is 5.32 Å². The molecule has 28 heavy (non-hydrogen) atoms. The minimum atomic E-state index is -0.0488. The fraction of sp³-hybridized carbons (Fsp3) is 0.227. The van der Waals surface area contributed by atoms with Crippen LogP contribution in [-0.2, 0) is 17.9 Å². The molecule has 4 rings (SSSR count). The van der Waals surface area contributed by atoms with Crippen molar-refractivity contribution < 1.29 is 4.79 Å². The molecule has 1 amide bonds. The zero-order valence-corrected chi connectivity index (χ0v) is 16.1. The number of rotatable bonds is 6. The maximum atomic E-state index is 12.4. The third-order valence-corrected chi connectivity index (χ3v) is 4.76. The Labute approximate surface area is 163 Å². The van der Waals surface area contributed by atoms with E-state index in [1.165, 1.54) is 11.1 Å². The smallest absolute Gasteiger partial charge is 0.226 e. The van der Waals surface area contributed by atoms with E-state index in [0.717, 1.165) is 16.5 Å². The van der Waals surface area contributed by atoms with Crippen LogP contribution >= 0.6 is 0 Å². The zero-order chi connectivity index (χ0) is 19.5. The van der Waals surface area contributed by atoms with Crippen LogP contribution in [-0.4, -0.2) is 25.5 Å². The number of aryl methyl sites for hydroxylation is 3. The monoisotopic (exact) mass is 373 g/mol. The summed E-state index contributed by atoms with van der Waals surface area (Å²) in [7, 11) is 0. The summed E-state index contributed by atoms with van der Waals surface area (Å²) in [4.78, 5) is 12.4. The number of nitrogens with zero attached hydrogens (tertiary/aromatic N) is 4. The first-order valence-electron chi connectivity index (χ1n) is 9.37. The van der Waals surface area contributed by atoms with Crippen molar-refractivity contribution in [2.24, 2.45) is 0 Å². The van der Waals surface area contributed by atoms with Crippen LogP contribution in [0.25, 0.3) is 10.9 Å². The van der Waals surface area contributed by atoms with Gasteiger partial charge in [0.1, 0.15) is 0 Å². The number of hydrogen-bond acceptors (Lipinski definition) is 3. The third kappa shape index (κ3) is 3.96. The number of carbonyl (C=O) groups excluding carboxylic acids is 1. The Morgan fingerprint density at radius 2 is 1.93 bits per heavy atom. The first-order valence-corrected chi connectivity index (χ1v) is 9.37. The van der Waals surface area contributed by atoms with Crippen molar-refractivity contribution in [1.29, 1.82) is 0 Å². The molecular weight excluding hydrogens is 350 g/mol. The molecule has 0 aliphatic heterocycles. The molecule has 142 valence electrons. The van der Waals surface area contributed by atoms with Crippen LogP contribution in [0.3, 0.4) is 0 Å². The van der Waals surface area contributed by atoms with Gasteiger partial charge in [0.05, 0.1) is 36.7 Å². The van der Waals surface area contributed by atoms with Gasteiger partial charge in [-0.3, -0.25) is 14.2 Å². The SMILES string of the molecule is Cc1cccc(Cn2cc(NC(=O)CCn3ncc4cccc(C)c43)cn2)c1. The highest BCUT2D eigenvalue weighted by Gasteiger charge is 2.09. The molecule has 0 bridgehead atoms. The molecule has 6 heteroatoms. The molecule has 1 N–H and O–H groups in total.